The zero-order valence-corrected chi connectivity index (χ0v) is 38.4. The number of rotatable bonds is 13. The van der Waals surface area contributed by atoms with Crippen molar-refractivity contribution in [2.45, 2.75) is 176 Å². The lowest BCUT2D eigenvalue weighted by Crippen LogP contribution is -2.52. The third-order valence-electron chi connectivity index (χ3n) is 9.17. The van der Waals surface area contributed by atoms with Gasteiger partial charge in [0, 0.05) is 33.2 Å². The van der Waals surface area contributed by atoms with E-state index in [0.717, 1.165) is 0 Å². The Morgan fingerprint density at radius 3 is 1.14 bits per heavy atom. The first-order chi connectivity index (χ1) is 22.3. The van der Waals surface area contributed by atoms with Crippen LogP contribution in [0.2, 0.25) is 36.3 Å². The molecule has 0 bridgehead atoms. The first-order valence-electron chi connectivity index (χ1n) is 18.1. The van der Waals surface area contributed by atoms with E-state index < -0.39 is 64.1 Å². The average molecular weight is 764 g/mol. The number of carboxylic acid groups (broad SMARTS) is 1. The Hall–Kier alpha value is -2.17. The molecule has 0 spiro atoms. The third kappa shape index (κ3) is 19.5. The van der Waals surface area contributed by atoms with Crippen LogP contribution >= 0.6 is 0 Å². The highest BCUT2D eigenvalue weighted by Crippen LogP contribution is 2.39. The molecule has 0 unspecified atom stereocenters. The highest BCUT2D eigenvalue weighted by molar-refractivity contribution is 6.74. The molecule has 0 aromatic rings. The summed E-state index contributed by atoms with van der Waals surface area (Å²) >= 11 is 0. The molecule has 0 aromatic carbocycles. The number of aliphatic carboxylic acids is 1. The van der Waals surface area contributed by atoms with Gasteiger partial charge in [-0.1, -0.05) is 48.5 Å². The largest absolute Gasteiger partial charge is 0.481 e. The van der Waals surface area contributed by atoms with Crippen LogP contribution in [0.15, 0.2) is 0 Å². The molecule has 0 aliphatic carbocycles. The number of hydrogen-bond donors (Lipinski definition) is 2. The molecule has 51 heavy (non-hydrogen) atoms. The molecule has 0 aliphatic heterocycles. The van der Waals surface area contributed by atoms with E-state index in [-0.39, 0.29) is 34.5 Å². The maximum Gasteiger partial charge on any atom is 0.410 e. The van der Waals surface area contributed by atoms with E-state index in [0.29, 0.717) is 6.54 Å². The van der Waals surface area contributed by atoms with Crippen LogP contribution < -0.4 is 5.32 Å². The molecule has 0 heterocycles. The second-order valence-corrected chi connectivity index (χ2v) is 28.6. The first-order valence-corrected chi connectivity index (χ1v) is 23.9. The van der Waals surface area contributed by atoms with E-state index in [9.17, 15) is 24.3 Å². The fourth-order valence-corrected chi connectivity index (χ4v) is 6.60. The molecular formula is C37H77N3O9Si2. The number of hydrogen-bond acceptors (Lipinski definition) is 8. The summed E-state index contributed by atoms with van der Waals surface area (Å²) in [5, 5.41) is 12.3. The topological polar surface area (TPSA) is 144 Å². The van der Waals surface area contributed by atoms with Gasteiger partial charge in [0.15, 0.2) is 16.6 Å². The van der Waals surface area contributed by atoms with Crippen molar-refractivity contribution in [3.8, 4) is 0 Å². The number of amides is 3. The zero-order chi connectivity index (χ0) is 41.3. The molecule has 14 heteroatoms. The molecule has 0 aromatic heterocycles. The van der Waals surface area contributed by atoms with E-state index in [2.05, 4.69) is 73.0 Å². The lowest BCUT2D eigenvalue weighted by Gasteiger charge is -2.41. The van der Waals surface area contributed by atoms with Gasteiger partial charge in [0.05, 0.1) is 24.0 Å². The Balaban J connectivity index is 0. The fraction of sp³-hybridized carbons (Fsp3) is 0.892. The Morgan fingerprint density at radius 2 is 0.902 bits per heavy atom. The number of carbonyl (C=O) groups is 4. The van der Waals surface area contributed by atoms with Gasteiger partial charge >= 0.3 is 18.2 Å². The quantitative estimate of drug-likeness (QED) is 0.177. The van der Waals surface area contributed by atoms with Crippen LogP contribution in [0.3, 0.4) is 0 Å². The van der Waals surface area contributed by atoms with Crippen molar-refractivity contribution in [2.75, 3.05) is 27.2 Å². The van der Waals surface area contributed by atoms with Gasteiger partial charge in [0.1, 0.15) is 11.2 Å². The zero-order valence-electron chi connectivity index (χ0n) is 36.4. The van der Waals surface area contributed by atoms with E-state index in [1.54, 1.807) is 41.8 Å². The van der Waals surface area contributed by atoms with Crippen LogP contribution in [0.1, 0.15) is 111 Å². The summed E-state index contributed by atoms with van der Waals surface area (Å²) in [5.74, 6) is -2.10. The summed E-state index contributed by atoms with van der Waals surface area (Å²) in [5.41, 5.74) is -1.17. The molecule has 3 amide bonds. The van der Waals surface area contributed by atoms with Crippen LogP contribution in [0, 0.1) is 11.8 Å². The van der Waals surface area contributed by atoms with Gasteiger partial charge in [-0.05, 0) is 98.6 Å². The molecule has 302 valence electrons. The molecule has 12 nitrogen and oxygen atoms in total. The molecule has 0 saturated carbocycles. The summed E-state index contributed by atoms with van der Waals surface area (Å²) < 4.78 is 23.6. The lowest BCUT2D eigenvalue weighted by atomic mass is 10.0. The smallest absolute Gasteiger partial charge is 0.410 e. The van der Waals surface area contributed by atoms with E-state index >= 15 is 0 Å². The second-order valence-electron chi connectivity index (χ2n) is 19.1. The molecule has 0 fully saturated rings. The van der Waals surface area contributed by atoms with Gasteiger partial charge in [0.2, 0.25) is 5.91 Å². The van der Waals surface area contributed by atoms with Crippen molar-refractivity contribution in [2.24, 2.45) is 11.8 Å². The van der Waals surface area contributed by atoms with Gasteiger partial charge in [-0.3, -0.25) is 9.59 Å². The van der Waals surface area contributed by atoms with Crippen LogP contribution in [-0.4, -0.2) is 112 Å². The van der Waals surface area contributed by atoms with E-state index in [4.69, 9.17) is 18.3 Å². The normalized spacial score (nSPS) is 15.4. The highest BCUT2D eigenvalue weighted by Gasteiger charge is 2.43. The molecule has 0 rings (SSSR count). The molecule has 4 atom stereocenters. The Labute approximate surface area is 313 Å². The standard InChI is InChI=1S/C20H42N2O4Si.C17H35NO5Si/c1-14(2)21-17(23)15(3)16(26-27(11,12)20(7,8)9)13-22(10)18(24)25-19(4,5)6;1-12(14(19)20)13(23-24(9,10)17(5,6)7)11-18(8)15(21)22-16(2,3)4/h14-16H,13H2,1-12H3,(H,21,23);12-13H,11H2,1-10H3,(H,19,20)/t15-,16-;12-,13-/m00/s1. The predicted molar refractivity (Wildman–Crippen MR) is 211 cm³/mol. The monoisotopic (exact) mass is 764 g/mol. The molecule has 0 radical (unpaired) electrons. The van der Waals surface area contributed by atoms with Gasteiger partial charge in [-0.25, -0.2) is 9.59 Å². The minimum absolute atomic E-state index is 0.00395. The van der Waals surface area contributed by atoms with Gasteiger partial charge in [-0.15, -0.1) is 0 Å². The maximum absolute atomic E-state index is 12.6. The lowest BCUT2D eigenvalue weighted by molar-refractivity contribution is -0.144. The fourth-order valence-electron chi connectivity index (χ4n) is 3.82. The number of ether oxygens (including phenoxy) is 2. The Bertz CT molecular complexity index is 1130. The number of carbonyl (C=O) groups excluding carboxylic acids is 3. The minimum atomic E-state index is -2.17. The predicted octanol–water partition coefficient (Wildman–Crippen LogP) is 8.37. The summed E-state index contributed by atoms with van der Waals surface area (Å²) in [7, 11) is -1.01. The second kappa shape index (κ2) is 19.2. The maximum atomic E-state index is 12.6. The van der Waals surface area contributed by atoms with Crippen molar-refractivity contribution in [1.29, 1.82) is 0 Å². The van der Waals surface area contributed by atoms with Crippen molar-refractivity contribution in [1.82, 2.24) is 15.1 Å². The van der Waals surface area contributed by atoms with Gasteiger partial charge in [-0.2, -0.15) is 0 Å². The summed E-state index contributed by atoms with van der Waals surface area (Å²) in [6.07, 6.45) is -1.88. The first kappa shape index (κ1) is 50.9. The SMILES string of the molecule is CC(C)NC(=O)[C@@H](C)[C@H](CN(C)C(=O)OC(C)(C)C)O[Si](C)(C)C(C)(C)C.C[C@H](C(=O)O)[C@H](CN(C)C(=O)OC(C)(C)C)O[Si](C)(C)C(C)(C)C. The number of nitrogens with zero attached hydrogens (tertiary/aromatic N) is 2. The Morgan fingerprint density at radius 1 is 0.608 bits per heavy atom. The molecule has 0 saturated heterocycles. The molecule has 0 aliphatic rings. The van der Waals surface area contributed by atoms with Gasteiger partial charge < -0.3 is 38.5 Å². The van der Waals surface area contributed by atoms with E-state index in [1.807, 2.05) is 41.5 Å². The summed E-state index contributed by atoms with van der Waals surface area (Å²) in [4.78, 5) is 51.5. The van der Waals surface area contributed by atoms with Crippen molar-refractivity contribution in [3.05, 3.63) is 0 Å². The average Bonchev–Trinajstić information content (AvgIpc) is 2.87. The molecular weight excluding hydrogens is 687 g/mol. The molecule has 2 N–H and O–H groups in total. The highest BCUT2D eigenvalue weighted by atomic mass is 28.4. The van der Waals surface area contributed by atoms with Crippen LogP contribution in [0.4, 0.5) is 9.59 Å². The number of nitrogens with one attached hydrogen (secondary N) is 1. The van der Waals surface area contributed by atoms with Crippen molar-refractivity contribution in [3.63, 3.8) is 0 Å². The van der Waals surface area contributed by atoms with Crippen molar-refractivity contribution < 1.29 is 42.6 Å². The van der Waals surface area contributed by atoms with Crippen LogP contribution in [-0.2, 0) is 27.9 Å². The van der Waals surface area contributed by atoms with E-state index in [1.165, 1.54) is 9.80 Å². The van der Waals surface area contributed by atoms with Crippen LogP contribution in [0.25, 0.3) is 0 Å². The Kier molecular flexibility index (Phi) is 19.2. The van der Waals surface area contributed by atoms with Crippen molar-refractivity contribution >= 4 is 40.7 Å². The van der Waals surface area contributed by atoms with Crippen LogP contribution in [0.5, 0.6) is 0 Å². The minimum Gasteiger partial charge on any atom is -0.481 e. The third-order valence-corrected chi connectivity index (χ3v) is 18.2. The summed E-state index contributed by atoms with van der Waals surface area (Å²) in [6.45, 7) is 39.9. The number of likely N-dealkylation sites (N-methyl/N-ethyl adjacent to an activating group) is 2. The summed E-state index contributed by atoms with van der Waals surface area (Å²) in [6, 6.07) is 0.0528. The number of carboxylic acids is 1. The van der Waals surface area contributed by atoms with Gasteiger partial charge in [0.25, 0.3) is 0 Å².